The highest BCUT2D eigenvalue weighted by atomic mass is 16.5. The van der Waals surface area contributed by atoms with E-state index in [1.54, 1.807) is 0 Å². The highest BCUT2D eigenvalue weighted by Crippen LogP contribution is 2.14. The van der Waals surface area contributed by atoms with Gasteiger partial charge in [-0.3, -0.25) is 0 Å². The molecule has 2 N–H and O–H groups in total. The molecule has 2 fully saturated rings. The van der Waals surface area contributed by atoms with Gasteiger partial charge < -0.3 is 25.2 Å². The third-order valence-electron chi connectivity index (χ3n) is 4.60. The molecule has 1 aromatic heterocycles. The average molecular weight is 333 g/mol. The summed E-state index contributed by atoms with van der Waals surface area (Å²) < 4.78 is 5.50. The lowest BCUT2D eigenvalue weighted by atomic mass is 10.2. The number of urea groups is 1. The maximum absolute atomic E-state index is 11.9. The van der Waals surface area contributed by atoms with Gasteiger partial charge in [-0.25, -0.2) is 9.78 Å². The third kappa shape index (κ3) is 4.82. The third-order valence-corrected chi connectivity index (χ3v) is 4.60. The van der Waals surface area contributed by atoms with Crippen LogP contribution in [0.25, 0.3) is 0 Å². The van der Waals surface area contributed by atoms with Crippen molar-refractivity contribution >= 4 is 11.8 Å². The molecule has 2 aliphatic heterocycles. The standard InChI is InChI=1S/C17H27N5O2/c1-21-6-8-22(9-7-21)16-11-14(4-5-18-16)12-19-17(23)20-13-15-3-2-10-24-15/h4-5,11,15H,2-3,6-10,12-13H2,1H3,(H2,19,20,23). The van der Waals surface area contributed by atoms with Crippen LogP contribution >= 0.6 is 0 Å². The van der Waals surface area contributed by atoms with Crippen LogP contribution in [0.15, 0.2) is 18.3 Å². The number of aromatic nitrogens is 1. The summed E-state index contributed by atoms with van der Waals surface area (Å²) in [4.78, 5) is 21.0. The Bertz CT molecular complexity index is 540. The number of likely N-dealkylation sites (N-methyl/N-ethyl adjacent to an activating group) is 1. The number of piperazine rings is 1. The molecule has 3 rings (SSSR count). The highest BCUT2D eigenvalue weighted by Gasteiger charge is 2.17. The van der Waals surface area contributed by atoms with E-state index in [0.29, 0.717) is 13.1 Å². The van der Waals surface area contributed by atoms with Crippen molar-refractivity contribution in [1.29, 1.82) is 0 Å². The molecule has 2 amide bonds. The Hall–Kier alpha value is -1.86. The molecule has 132 valence electrons. The van der Waals surface area contributed by atoms with Crippen LogP contribution in [0.5, 0.6) is 0 Å². The summed E-state index contributed by atoms with van der Waals surface area (Å²) in [5.74, 6) is 0.988. The lowest BCUT2D eigenvalue weighted by Crippen LogP contribution is -2.44. The molecule has 0 aromatic carbocycles. The minimum absolute atomic E-state index is 0.150. The molecular weight excluding hydrogens is 306 g/mol. The number of nitrogens with one attached hydrogen (secondary N) is 2. The zero-order valence-electron chi connectivity index (χ0n) is 14.3. The Morgan fingerprint density at radius 1 is 1.33 bits per heavy atom. The van der Waals surface area contributed by atoms with Gasteiger partial charge in [0.1, 0.15) is 5.82 Å². The molecule has 0 aliphatic carbocycles. The minimum Gasteiger partial charge on any atom is -0.376 e. The van der Waals surface area contributed by atoms with Gasteiger partial charge >= 0.3 is 6.03 Å². The van der Waals surface area contributed by atoms with Gasteiger partial charge in [0.2, 0.25) is 0 Å². The van der Waals surface area contributed by atoms with E-state index in [9.17, 15) is 4.79 Å². The molecule has 0 radical (unpaired) electrons. The quantitative estimate of drug-likeness (QED) is 0.835. The summed E-state index contributed by atoms with van der Waals surface area (Å²) in [5.41, 5.74) is 1.06. The van der Waals surface area contributed by atoms with Crippen LogP contribution in [0.2, 0.25) is 0 Å². The molecule has 0 spiro atoms. The first-order chi connectivity index (χ1) is 11.7. The number of hydrogen-bond donors (Lipinski definition) is 2. The molecule has 7 nitrogen and oxygen atoms in total. The summed E-state index contributed by atoms with van der Waals surface area (Å²) >= 11 is 0. The van der Waals surface area contributed by atoms with Gasteiger partial charge in [-0.2, -0.15) is 0 Å². The van der Waals surface area contributed by atoms with Crippen molar-refractivity contribution in [3.63, 3.8) is 0 Å². The van der Waals surface area contributed by atoms with Crippen molar-refractivity contribution in [2.45, 2.75) is 25.5 Å². The van der Waals surface area contributed by atoms with Crippen LogP contribution in [-0.2, 0) is 11.3 Å². The van der Waals surface area contributed by atoms with Crippen molar-refractivity contribution in [2.75, 3.05) is 51.3 Å². The fourth-order valence-corrected chi connectivity index (χ4v) is 3.04. The second kappa shape index (κ2) is 8.30. The molecule has 1 aromatic rings. The lowest BCUT2D eigenvalue weighted by molar-refractivity contribution is 0.111. The number of anilines is 1. The van der Waals surface area contributed by atoms with Crippen LogP contribution in [0, 0.1) is 0 Å². The molecule has 0 saturated carbocycles. The maximum Gasteiger partial charge on any atom is 0.315 e. The van der Waals surface area contributed by atoms with Crippen LogP contribution in [-0.4, -0.2) is 68.4 Å². The number of nitrogens with zero attached hydrogens (tertiary/aromatic N) is 3. The smallest absolute Gasteiger partial charge is 0.315 e. The molecule has 3 heterocycles. The summed E-state index contributed by atoms with van der Waals surface area (Å²) in [6, 6.07) is 3.86. The summed E-state index contributed by atoms with van der Waals surface area (Å²) in [7, 11) is 2.14. The van der Waals surface area contributed by atoms with Crippen LogP contribution in [0.1, 0.15) is 18.4 Å². The normalized spacial score (nSPS) is 21.7. The minimum atomic E-state index is -0.150. The Morgan fingerprint density at radius 2 is 2.17 bits per heavy atom. The zero-order chi connectivity index (χ0) is 16.8. The lowest BCUT2D eigenvalue weighted by Gasteiger charge is -2.33. The first-order valence-corrected chi connectivity index (χ1v) is 8.72. The summed E-state index contributed by atoms with van der Waals surface area (Å²) in [6.07, 6.45) is 4.09. The maximum atomic E-state index is 11.9. The SMILES string of the molecule is CN1CCN(c2cc(CNC(=O)NCC3CCCO3)ccn2)CC1. The largest absolute Gasteiger partial charge is 0.376 e. The van der Waals surface area contributed by atoms with Crippen molar-refractivity contribution in [2.24, 2.45) is 0 Å². The second-order valence-corrected chi connectivity index (χ2v) is 6.51. The molecule has 1 unspecified atom stereocenters. The summed E-state index contributed by atoms with van der Waals surface area (Å²) in [5, 5.41) is 5.77. The van der Waals surface area contributed by atoms with Crippen molar-refractivity contribution in [3.8, 4) is 0 Å². The van der Waals surface area contributed by atoms with Crippen molar-refractivity contribution < 1.29 is 9.53 Å². The first kappa shape index (κ1) is 17.0. The second-order valence-electron chi connectivity index (χ2n) is 6.51. The Labute approximate surface area is 143 Å². The van der Waals surface area contributed by atoms with E-state index < -0.39 is 0 Å². The van der Waals surface area contributed by atoms with Crippen LogP contribution in [0.4, 0.5) is 10.6 Å². The predicted octanol–water partition coefficient (Wildman–Crippen LogP) is 0.812. The van der Waals surface area contributed by atoms with Gasteiger partial charge in [0, 0.05) is 52.1 Å². The number of hydrogen-bond acceptors (Lipinski definition) is 5. The van der Waals surface area contributed by atoms with Gasteiger partial charge in [-0.1, -0.05) is 0 Å². The molecule has 24 heavy (non-hydrogen) atoms. The zero-order valence-corrected chi connectivity index (χ0v) is 14.3. The molecule has 0 bridgehead atoms. The Kier molecular flexibility index (Phi) is 5.87. The van der Waals surface area contributed by atoms with Gasteiger partial charge in [-0.15, -0.1) is 0 Å². The number of pyridine rings is 1. The fraction of sp³-hybridized carbons (Fsp3) is 0.647. The molecular formula is C17H27N5O2. The van der Waals surface area contributed by atoms with E-state index in [1.807, 2.05) is 12.3 Å². The molecule has 2 saturated heterocycles. The van der Waals surface area contributed by atoms with Crippen LogP contribution < -0.4 is 15.5 Å². The predicted molar refractivity (Wildman–Crippen MR) is 93.2 cm³/mol. The molecule has 1 atom stereocenters. The van der Waals surface area contributed by atoms with Crippen LogP contribution in [0.3, 0.4) is 0 Å². The Morgan fingerprint density at radius 3 is 2.92 bits per heavy atom. The Balaban J connectivity index is 1.44. The monoisotopic (exact) mass is 333 g/mol. The number of ether oxygens (including phenoxy) is 1. The van der Waals surface area contributed by atoms with Crippen molar-refractivity contribution in [1.82, 2.24) is 20.5 Å². The topological polar surface area (TPSA) is 69.7 Å². The van der Waals surface area contributed by atoms with Gasteiger partial charge in [-0.05, 0) is 37.6 Å². The number of amides is 2. The number of carbonyl (C=O) groups excluding carboxylic acids is 1. The highest BCUT2D eigenvalue weighted by molar-refractivity contribution is 5.73. The van der Waals surface area contributed by atoms with E-state index in [1.165, 1.54) is 0 Å². The number of rotatable bonds is 5. The van der Waals surface area contributed by atoms with E-state index in [-0.39, 0.29) is 12.1 Å². The van der Waals surface area contributed by atoms with Gasteiger partial charge in [0.25, 0.3) is 0 Å². The van der Waals surface area contributed by atoms with E-state index in [4.69, 9.17) is 4.74 Å². The average Bonchev–Trinajstić information content (AvgIpc) is 3.13. The molecule has 2 aliphatic rings. The van der Waals surface area contributed by atoms with E-state index in [0.717, 1.165) is 57.0 Å². The van der Waals surface area contributed by atoms with Gasteiger partial charge in [0.15, 0.2) is 0 Å². The fourth-order valence-electron chi connectivity index (χ4n) is 3.04. The van der Waals surface area contributed by atoms with Gasteiger partial charge in [0.05, 0.1) is 6.10 Å². The van der Waals surface area contributed by atoms with E-state index in [2.05, 4.69) is 38.5 Å². The van der Waals surface area contributed by atoms with E-state index >= 15 is 0 Å². The summed E-state index contributed by atoms with van der Waals surface area (Å²) in [6.45, 7) is 5.96. The number of carbonyl (C=O) groups is 1. The molecule has 7 heteroatoms. The van der Waals surface area contributed by atoms with Crippen molar-refractivity contribution in [3.05, 3.63) is 23.9 Å². The first-order valence-electron chi connectivity index (χ1n) is 8.72.